The predicted molar refractivity (Wildman–Crippen MR) is 234 cm³/mol. The summed E-state index contributed by atoms with van der Waals surface area (Å²) in [7, 11) is 0. The second-order valence-electron chi connectivity index (χ2n) is 14.0. The molecule has 0 saturated heterocycles. The largest absolute Gasteiger partial charge is 0.309 e. The third-order valence-corrected chi connectivity index (χ3v) is 14.5. The Bertz CT molecular complexity index is 3020. The van der Waals surface area contributed by atoms with Crippen LogP contribution in [-0.4, -0.2) is 6.71 Å². The maximum absolute atomic E-state index is 2.63. The molecule has 0 bridgehead atoms. The average molecular weight is 726 g/mol. The van der Waals surface area contributed by atoms with E-state index in [2.05, 4.69) is 174 Å². The van der Waals surface area contributed by atoms with Gasteiger partial charge < -0.3 is 4.90 Å². The second-order valence-corrected chi connectivity index (χ2v) is 17.1. The molecule has 5 heteroatoms. The van der Waals surface area contributed by atoms with Crippen molar-refractivity contribution in [2.75, 3.05) is 4.90 Å². The van der Waals surface area contributed by atoms with E-state index in [1.165, 1.54) is 107 Å². The zero-order valence-corrected chi connectivity index (χ0v) is 30.9. The lowest BCUT2D eigenvalue weighted by Crippen LogP contribution is -2.52. The fourth-order valence-electron chi connectivity index (χ4n) is 8.80. The lowest BCUT2D eigenvalue weighted by molar-refractivity contribution is 1.35. The highest BCUT2D eigenvalue weighted by Crippen LogP contribution is 2.51. The molecule has 0 aliphatic carbocycles. The summed E-state index contributed by atoms with van der Waals surface area (Å²) in [5, 5.41) is 6.36. The van der Waals surface area contributed by atoms with Crippen molar-refractivity contribution in [3.8, 4) is 44.5 Å². The van der Waals surface area contributed by atoms with E-state index in [1.54, 1.807) is 0 Å². The number of hydrogen-bond donors (Lipinski definition) is 0. The summed E-state index contributed by atoms with van der Waals surface area (Å²) in [4.78, 5) is 2.63. The monoisotopic (exact) mass is 725 g/mol. The molecule has 0 fully saturated rings. The van der Waals surface area contributed by atoms with Crippen LogP contribution in [0, 0.1) is 0 Å². The van der Waals surface area contributed by atoms with Crippen molar-refractivity contribution in [1.82, 2.24) is 0 Å². The van der Waals surface area contributed by atoms with Gasteiger partial charge in [0.1, 0.15) is 0 Å². The van der Waals surface area contributed by atoms with E-state index in [9.17, 15) is 0 Å². The summed E-state index contributed by atoms with van der Waals surface area (Å²) < 4.78 is 6.94. The number of nitrogens with zero attached hydrogens (tertiary/aromatic N) is 1. The van der Waals surface area contributed by atoms with Crippen LogP contribution in [0.1, 0.15) is 0 Å². The minimum absolute atomic E-state index is 0.200. The van der Waals surface area contributed by atoms with Gasteiger partial charge in [-0.2, -0.15) is 0 Å². The van der Waals surface area contributed by atoms with Gasteiger partial charge in [-0.1, -0.05) is 115 Å². The number of benzene rings is 7. The van der Waals surface area contributed by atoms with E-state index < -0.39 is 0 Å². The summed E-state index contributed by atoms with van der Waals surface area (Å²) >= 11 is 5.80. The Kier molecular flexibility index (Phi) is 6.41. The SMILES string of the molecule is c1ccc(-c2cc(-c3ccccc3)cc(-c3cc4c5c(c3)N(c3csc6ccccc36)c3c(sc6ccccc36)B5c3sc5ccccc5c3-4)c2)cc1. The van der Waals surface area contributed by atoms with Gasteiger partial charge in [0, 0.05) is 40.7 Å². The molecule has 53 heavy (non-hydrogen) atoms. The van der Waals surface area contributed by atoms with E-state index >= 15 is 0 Å². The molecule has 0 amide bonds. The van der Waals surface area contributed by atoms with Gasteiger partial charge in [-0.25, -0.2) is 0 Å². The summed E-state index contributed by atoms with van der Waals surface area (Å²) in [6.45, 7) is 0.200. The van der Waals surface area contributed by atoms with Crippen LogP contribution in [0.2, 0.25) is 0 Å². The fraction of sp³-hybridized carbons (Fsp3) is 0. The summed E-state index contributed by atoms with van der Waals surface area (Å²) in [5.41, 5.74) is 15.5. The average Bonchev–Trinajstić information content (AvgIpc) is 3.99. The molecule has 2 aliphatic rings. The van der Waals surface area contributed by atoms with Gasteiger partial charge in [0.05, 0.1) is 11.4 Å². The van der Waals surface area contributed by atoms with Crippen LogP contribution in [0.4, 0.5) is 17.1 Å². The van der Waals surface area contributed by atoms with Gasteiger partial charge in [0.15, 0.2) is 0 Å². The Hall–Kier alpha value is -5.72. The molecule has 0 spiro atoms. The van der Waals surface area contributed by atoms with Crippen molar-refractivity contribution >= 4 is 103 Å². The lowest BCUT2D eigenvalue weighted by Gasteiger charge is -2.34. The van der Waals surface area contributed by atoms with Crippen LogP contribution in [0.25, 0.3) is 74.8 Å². The van der Waals surface area contributed by atoms with Crippen molar-refractivity contribution in [2.45, 2.75) is 0 Å². The minimum Gasteiger partial charge on any atom is -0.309 e. The Morgan fingerprint density at radius 1 is 0.415 bits per heavy atom. The standard InChI is InChI=1S/C48H28BNS3/c1-3-13-29(14-4-1)31-23-32(30-15-5-2-6-16-30)25-33(24-31)34-26-38-44-36-18-8-11-21-42(36)52-47(44)49-45(38)39(27-34)50(40-28-51-41-20-10-7-17-35(40)41)46-37-19-9-12-22-43(37)53-48(46)49/h1-28H. The van der Waals surface area contributed by atoms with Gasteiger partial charge in [-0.3, -0.25) is 0 Å². The van der Waals surface area contributed by atoms with Crippen LogP contribution < -0.4 is 19.9 Å². The van der Waals surface area contributed by atoms with E-state index in [4.69, 9.17) is 0 Å². The highest BCUT2D eigenvalue weighted by molar-refractivity contribution is 7.41. The van der Waals surface area contributed by atoms with Crippen LogP contribution in [0.15, 0.2) is 169 Å². The number of thiophene rings is 3. The van der Waals surface area contributed by atoms with E-state index in [1.807, 2.05) is 34.0 Å². The van der Waals surface area contributed by atoms with Gasteiger partial charge in [-0.15, -0.1) is 34.0 Å². The predicted octanol–water partition coefficient (Wildman–Crippen LogP) is 12.6. The summed E-state index contributed by atoms with van der Waals surface area (Å²) in [5.74, 6) is 0. The summed E-state index contributed by atoms with van der Waals surface area (Å²) in [6.07, 6.45) is 0. The Morgan fingerprint density at radius 3 is 1.64 bits per heavy atom. The molecule has 246 valence electrons. The maximum atomic E-state index is 2.63. The molecule has 0 atom stereocenters. The van der Waals surface area contributed by atoms with Gasteiger partial charge in [0.25, 0.3) is 6.71 Å². The Morgan fingerprint density at radius 2 is 0.943 bits per heavy atom. The van der Waals surface area contributed by atoms with Crippen LogP contribution in [0.5, 0.6) is 0 Å². The van der Waals surface area contributed by atoms with Gasteiger partial charge in [0.2, 0.25) is 0 Å². The molecule has 0 N–H and O–H groups in total. The molecule has 2 aliphatic heterocycles. The van der Waals surface area contributed by atoms with E-state index in [0.717, 1.165) is 0 Å². The van der Waals surface area contributed by atoms with Crippen molar-refractivity contribution in [2.24, 2.45) is 0 Å². The highest BCUT2D eigenvalue weighted by atomic mass is 32.1. The van der Waals surface area contributed by atoms with Crippen molar-refractivity contribution < 1.29 is 0 Å². The topological polar surface area (TPSA) is 3.24 Å². The van der Waals surface area contributed by atoms with Crippen molar-refractivity contribution in [1.29, 1.82) is 0 Å². The highest BCUT2D eigenvalue weighted by Gasteiger charge is 2.47. The normalized spacial score (nSPS) is 12.8. The van der Waals surface area contributed by atoms with Crippen LogP contribution in [-0.2, 0) is 0 Å². The molecular formula is C48H28BNS3. The van der Waals surface area contributed by atoms with Gasteiger partial charge >= 0.3 is 0 Å². The maximum Gasteiger partial charge on any atom is 0.273 e. The van der Waals surface area contributed by atoms with Crippen LogP contribution in [0.3, 0.4) is 0 Å². The van der Waals surface area contributed by atoms with Crippen molar-refractivity contribution in [3.63, 3.8) is 0 Å². The Labute approximate surface area is 319 Å². The zero-order chi connectivity index (χ0) is 34.6. The quantitative estimate of drug-likeness (QED) is 0.163. The smallest absolute Gasteiger partial charge is 0.273 e. The molecule has 7 aromatic carbocycles. The second kappa shape index (κ2) is 11.4. The Balaban J connectivity index is 1.20. The summed E-state index contributed by atoms with van der Waals surface area (Å²) in [6, 6.07) is 60.8. The van der Waals surface area contributed by atoms with Crippen molar-refractivity contribution in [3.05, 3.63) is 169 Å². The number of fused-ring (bicyclic) bond motifs is 10. The lowest BCUT2D eigenvalue weighted by atomic mass is 9.43. The van der Waals surface area contributed by atoms with E-state index in [0.29, 0.717) is 0 Å². The molecule has 10 aromatic rings. The third-order valence-electron chi connectivity index (χ3n) is 11.1. The molecule has 0 saturated carbocycles. The first-order valence-electron chi connectivity index (χ1n) is 18.0. The molecule has 0 radical (unpaired) electrons. The first-order chi connectivity index (χ1) is 26.3. The van der Waals surface area contributed by atoms with E-state index in [-0.39, 0.29) is 6.71 Å². The first-order valence-corrected chi connectivity index (χ1v) is 20.5. The minimum atomic E-state index is 0.200. The number of anilines is 3. The van der Waals surface area contributed by atoms with Crippen LogP contribution >= 0.6 is 34.0 Å². The molecule has 1 nitrogen and oxygen atoms in total. The zero-order valence-electron chi connectivity index (χ0n) is 28.4. The molecule has 12 rings (SSSR count). The molecular weight excluding hydrogens is 698 g/mol. The molecule has 3 aromatic heterocycles. The molecule has 5 heterocycles. The third kappa shape index (κ3) is 4.36. The fourth-order valence-corrected chi connectivity index (χ4v) is 12.5. The number of hydrogen-bond acceptors (Lipinski definition) is 4. The first kappa shape index (κ1) is 29.8. The molecule has 0 unspecified atom stereocenters. The number of rotatable bonds is 4. The van der Waals surface area contributed by atoms with Gasteiger partial charge in [-0.05, 0) is 109 Å².